The number of alkyl halides is 3. The molecule has 4 aromatic carbocycles. The Morgan fingerprint density at radius 1 is 0.742 bits per heavy atom. The lowest BCUT2D eigenvalue weighted by molar-refractivity contribution is -0.138. The highest BCUT2D eigenvalue weighted by Gasteiger charge is 2.35. The van der Waals surface area contributed by atoms with E-state index in [0.29, 0.717) is 23.4 Å². The van der Waals surface area contributed by atoms with Crippen LogP contribution in [0.15, 0.2) is 84.9 Å². The Morgan fingerprint density at radius 2 is 1.45 bits per heavy atom. The first kappa shape index (κ1) is 19.2. The van der Waals surface area contributed by atoms with Crippen molar-refractivity contribution in [3.63, 3.8) is 0 Å². The second-order valence-electron chi connectivity index (χ2n) is 7.55. The molecule has 0 atom stereocenters. The summed E-state index contributed by atoms with van der Waals surface area (Å²) < 4.78 is 47.2. The number of ether oxygens (including phenoxy) is 1. The van der Waals surface area contributed by atoms with E-state index in [4.69, 9.17) is 10.5 Å². The van der Waals surface area contributed by atoms with Crippen molar-refractivity contribution in [3.05, 3.63) is 102 Å². The van der Waals surface area contributed by atoms with Crippen LogP contribution in [0.25, 0.3) is 22.3 Å². The number of nitrogen functional groups attached to an aromatic ring is 1. The molecular formula is C26H18F3NO. The highest BCUT2D eigenvalue weighted by Crippen LogP contribution is 2.44. The molecule has 0 radical (unpaired) electrons. The fourth-order valence-corrected chi connectivity index (χ4v) is 4.10. The number of hydrogen-bond acceptors (Lipinski definition) is 2. The Bertz CT molecular complexity index is 1280. The molecule has 0 saturated heterocycles. The van der Waals surface area contributed by atoms with E-state index >= 15 is 0 Å². The van der Waals surface area contributed by atoms with Crippen molar-refractivity contribution < 1.29 is 17.9 Å². The summed E-state index contributed by atoms with van der Waals surface area (Å²) in [6, 6.07) is 24.4. The molecule has 31 heavy (non-hydrogen) atoms. The zero-order valence-corrected chi connectivity index (χ0v) is 16.4. The second-order valence-corrected chi connectivity index (χ2v) is 7.55. The van der Waals surface area contributed by atoms with E-state index in [1.54, 1.807) is 30.3 Å². The number of nitrogens with two attached hydrogens (primary N) is 1. The summed E-state index contributed by atoms with van der Waals surface area (Å²) in [4.78, 5) is 0. The van der Waals surface area contributed by atoms with Crippen molar-refractivity contribution in [2.24, 2.45) is 0 Å². The minimum absolute atomic E-state index is 0.239. The lowest BCUT2D eigenvalue weighted by atomic mass is 9.94. The Hall–Kier alpha value is -3.73. The standard InChI is InChI=1S/C26H18F3NO/c27-26(28,29)24-15-17(8-13-25(24)31-19-11-9-18(30)10-12-19)21-6-3-7-22-20-5-2-1-4-16(20)14-23(21)22/h1-13,15H,14,30H2. The molecule has 5 rings (SSSR count). The Balaban J connectivity index is 1.58. The van der Waals surface area contributed by atoms with Gasteiger partial charge in [-0.3, -0.25) is 0 Å². The number of rotatable bonds is 3. The molecule has 4 aromatic rings. The van der Waals surface area contributed by atoms with Crippen molar-refractivity contribution in [1.82, 2.24) is 0 Å². The summed E-state index contributed by atoms with van der Waals surface area (Å²) in [6.07, 6.45) is -3.85. The molecule has 0 spiro atoms. The molecule has 0 aliphatic heterocycles. The van der Waals surface area contributed by atoms with Crippen LogP contribution in [0.5, 0.6) is 11.5 Å². The molecule has 0 saturated carbocycles. The van der Waals surface area contributed by atoms with E-state index in [0.717, 1.165) is 22.3 Å². The van der Waals surface area contributed by atoms with Crippen molar-refractivity contribution in [2.75, 3.05) is 5.73 Å². The molecule has 1 aliphatic rings. The molecule has 0 aromatic heterocycles. The smallest absolute Gasteiger partial charge is 0.420 e. The van der Waals surface area contributed by atoms with Gasteiger partial charge in [0.15, 0.2) is 0 Å². The van der Waals surface area contributed by atoms with Crippen LogP contribution in [-0.2, 0) is 12.6 Å². The third kappa shape index (κ3) is 3.52. The van der Waals surface area contributed by atoms with E-state index in [-0.39, 0.29) is 5.75 Å². The molecule has 1 aliphatic carbocycles. The molecule has 154 valence electrons. The minimum Gasteiger partial charge on any atom is -0.457 e. The van der Waals surface area contributed by atoms with Crippen LogP contribution in [0.1, 0.15) is 16.7 Å². The highest BCUT2D eigenvalue weighted by molar-refractivity contribution is 5.85. The molecule has 0 bridgehead atoms. The maximum atomic E-state index is 13.9. The van der Waals surface area contributed by atoms with Gasteiger partial charge in [0, 0.05) is 5.69 Å². The van der Waals surface area contributed by atoms with Gasteiger partial charge in [0.05, 0.1) is 5.56 Å². The predicted octanol–water partition coefficient (Wildman–Crippen LogP) is 7.32. The van der Waals surface area contributed by atoms with Gasteiger partial charge in [-0.2, -0.15) is 13.2 Å². The van der Waals surface area contributed by atoms with Crippen LogP contribution in [-0.4, -0.2) is 0 Å². The Labute approximate surface area is 177 Å². The number of anilines is 1. The third-order valence-corrected chi connectivity index (χ3v) is 5.55. The molecule has 0 heterocycles. The van der Waals surface area contributed by atoms with Gasteiger partial charge in [0.25, 0.3) is 0 Å². The fraction of sp³-hybridized carbons (Fsp3) is 0.0769. The van der Waals surface area contributed by atoms with Gasteiger partial charge in [0.2, 0.25) is 0 Å². The van der Waals surface area contributed by atoms with E-state index in [1.165, 1.54) is 17.7 Å². The van der Waals surface area contributed by atoms with Gasteiger partial charge in [-0.15, -0.1) is 0 Å². The summed E-state index contributed by atoms with van der Waals surface area (Å²) in [5, 5.41) is 0. The predicted molar refractivity (Wildman–Crippen MR) is 116 cm³/mol. The SMILES string of the molecule is Nc1ccc(Oc2ccc(-c3cccc4c3Cc3ccccc3-4)cc2C(F)(F)F)cc1. The van der Waals surface area contributed by atoms with Gasteiger partial charge in [-0.1, -0.05) is 48.5 Å². The molecule has 2 nitrogen and oxygen atoms in total. The zero-order chi connectivity index (χ0) is 21.6. The first-order chi connectivity index (χ1) is 14.9. The first-order valence-corrected chi connectivity index (χ1v) is 9.85. The monoisotopic (exact) mass is 417 g/mol. The van der Waals surface area contributed by atoms with E-state index in [9.17, 15) is 13.2 Å². The average molecular weight is 417 g/mol. The lowest BCUT2D eigenvalue weighted by Gasteiger charge is -2.16. The van der Waals surface area contributed by atoms with Crippen molar-refractivity contribution in [1.29, 1.82) is 0 Å². The van der Waals surface area contributed by atoms with Gasteiger partial charge >= 0.3 is 6.18 Å². The molecule has 2 N–H and O–H groups in total. The van der Waals surface area contributed by atoms with Gasteiger partial charge < -0.3 is 10.5 Å². The van der Waals surface area contributed by atoms with E-state index in [2.05, 4.69) is 12.1 Å². The van der Waals surface area contributed by atoms with Crippen molar-refractivity contribution in [2.45, 2.75) is 12.6 Å². The number of benzene rings is 4. The summed E-state index contributed by atoms with van der Waals surface area (Å²) in [6.45, 7) is 0. The van der Waals surface area contributed by atoms with Crippen LogP contribution < -0.4 is 10.5 Å². The quantitative estimate of drug-likeness (QED) is 0.312. The Kier molecular flexibility index (Phi) is 4.47. The summed E-state index contributed by atoms with van der Waals surface area (Å²) in [5.74, 6) is 0.0559. The van der Waals surface area contributed by atoms with Crippen LogP contribution >= 0.6 is 0 Å². The van der Waals surface area contributed by atoms with Crippen LogP contribution in [0.2, 0.25) is 0 Å². The highest BCUT2D eigenvalue weighted by atomic mass is 19.4. The molecule has 5 heteroatoms. The molecule has 0 amide bonds. The van der Waals surface area contributed by atoms with Crippen LogP contribution in [0.4, 0.5) is 18.9 Å². The molecule has 0 fully saturated rings. The number of fused-ring (bicyclic) bond motifs is 3. The number of hydrogen-bond donors (Lipinski definition) is 1. The van der Waals surface area contributed by atoms with Gasteiger partial charge in [-0.25, -0.2) is 0 Å². The Morgan fingerprint density at radius 3 is 2.23 bits per heavy atom. The molecular weight excluding hydrogens is 399 g/mol. The zero-order valence-electron chi connectivity index (χ0n) is 16.4. The largest absolute Gasteiger partial charge is 0.457 e. The van der Waals surface area contributed by atoms with Crippen LogP contribution in [0.3, 0.4) is 0 Å². The maximum Gasteiger partial charge on any atom is 0.420 e. The van der Waals surface area contributed by atoms with Crippen molar-refractivity contribution >= 4 is 5.69 Å². The summed E-state index contributed by atoms with van der Waals surface area (Å²) >= 11 is 0. The summed E-state index contributed by atoms with van der Waals surface area (Å²) in [5.41, 5.74) is 11.1. The normalized spacial score (nSPS) is 12.4. The van der Waals surface area contributed by atoms with Crippen molar-refractivity contribution in [3.8, 4) is 33.8 Å². The summed E-state index contributed by atoms with van der Waals surface area (Å²) in [7, 11) is 0. The average Bonchev–Trinajstić information content (AvgIpc) is 3.14. The minimum atomic E-state index is -4.56. The molecule has 0 unspecified atom stereocenters. The fourth-order valence-electron chi connectivity index (χ4n) is 4.10. The first-order valence-electron chi connectivity index (χ1n) is 9.85. The number of halogens is 3. The lowest BCUT2D eigenvalue weighted by Crippen LogP contribution is -2.07. The maximum absolute atomic E-state index is 13.9. The van der Waals surface area contributed by atoms with Gasteiger partial charge in [0.1, 0.15) is 11.5 Å². The second kappa shape index (κ2) is 7.20. The topological polar surface area (TPSA) is 35.2 Å². The third-order valence-electron chi connectivity index (χ3n) is 5.55. The van der Waals surface area contributed by atoms with E-state index in [1.807, 2.05) is 30.3 Å². The van der Waals surface area contributed by atoms with Crippen LogP contribution in [0, 0.1) is 0 Å². The van der Waals surface area contributed by atoms with Gasteiger partial charge in [-0.05, 0) is 76.2 Å². The van der Waals surface area contributed by atoms with E-state index < -0.39 is 11.7 Å².